The number of nitrogens with one attached hydrogen (secondary N) is 1. The number of hydrogen-bond acceptors (Lipinski definition) is 8. The van der Waals surface area contributed by atoms with Crippen LogP contribution in [0.1, 0.15) is 67.4 Å². The Balaban J connectivity index is 1.42. The molecule has 11 heteroatoms. The molecule has 0 spiro atoms. The van der Waals surface area contributed by atoms with Crippen molar-refractivity contribution in [1.82, 2.24) is 4.72 Å². The van der Waals surface area contributed by atoms with Crippen LogP contribution in [0.25, 0.3) is 0 Å². The molecule has 1 N–H and O–H groups in total. The van der Waals surface area contributed by atoms with Gasteiger partial charge in [0.05, 0.1) is 16.0 Å². The molecule has 0 aromatic heterocycles. The maximum Gasteiger partial charge on any atom is 0.264 e. The maximum absolute atomic E-state index is 13.5. The predicted octanol–water partition coefficient (Wildman–Crippen LogP) is 7.57. The lowest BCUT2D eigenvalue weighted by molar-refractivity contribution is -0.0639. The fraction of sp³-hybridized carbons (Fsp3) is 0.583. The predicted molar refractivity (Wildman–Crippen MR) is 195 cm³/mol. The van der Waals surface area contributed by atoms with Gasteiger partial charge in [-0.05, 0) is 115 Å². The van der Waals surface area contributed by atoms with E-state index in [4.69, 9.17) is 21.1 Å². The monoisotopic (exact) mass is 718 g/mol. The van der Waals surface area contributed by atoms with Gasteiger partial charge >= 0.3 is 0 Å². The zero-order valence-corrected chi connectivity index (χ0v) is 30.8. The summed E-state index contributed by atoms with van der Waals surface area (Å²) in [6.45, 7) is 5.97. The lowest BCUT2D eigenvalue weighted by atomic mass is 9.64. The fourth-order valence-electron chi connectivity index (χ4n) is 7.42. The summed E-state index contributed by atoms with van der Waals surface area (Å²) < 4.78 is 42.4. The first-order valence-electron chi connectivity index (χ1n) is 16.9. The SMILES string of the molecule is CO[C@]1(C2SCCCS2)/C=C/[C@H](C)[C@H](C)CS(=O)(=O)NC(=O)c2ccc3c(c2)N(CCCCc2cc(Cl)ccc2CO3)C[C@@H]2CC[C@H]21. The zero-order valence-electron chi connectivity index (χ0n) is 27.6. The van der Waals surface area contributed by atoms with Gasteiger partial charge in [0.1, 0.15) is 18.0 Å². The lowest BCUT2D eigenvalue weighted by Gasteiger charge is -2.53. The van der Waals surface area contributed by atoms with E-state index in [0.717, 1.165) is 73.0 Å². The molecule has 2 aromatic carbocycles. The number of aryl methyl sites for hydroxylation is 1. The number of nitrogens with zero attached hydrogens (tertiary/aromatic N) is 1. The number of ether oxygens (including phenoxy) is 2. The molecule has 2 bridgehead atoms. The molecular weight excluding hydrogens is 672 g/mol. The molecule has 3 heterocycles. The van der Waals surface area contributed by atoms with Gasteiger partial charge in [0, 0.05) is 30.8 Å². The number of amides is 1. The van der Waals surface area contributed by atoms with Crippen molar-refractivity contribution >= 4 is 56.7 Å². The van der Waals surface area contributed by atoms with Crippen molar-refractivity contribution < 1.29 is 22.7 Å². The van der Waals surface area contributed by atoms with Crippen LogP contribution in [0, 0.1) is 23.7 Å². The molecule has 5 atom stereocenters. The van der Waals surface area contributed by atoms with Crippen LogP contribution in [0.5, 0.6) is 5.75 Å². The second kappa shape index (κ2) is 15.0. The van der Waals surface area contributed by atoms with E-state index >= 15 is 0 Å². The van der Waals surface area contributed by atoms with Crippen molar-refractivity contribution in [3.05, 3.63) is 70.3 Å². The second-order valence-corrected chi connectivity index (χ2v) is 18.6. The van der Waals surface area contributed by atoms with Gasteiger partial charge in [-0.25, -0.2) is 13.1 Å². The number of anilines is 1. The molecule has 4 aliphatic rings. The minimum Gasteiger partial charge on any atom is -0.487 e. The molecule has 1 aliphatic carbocycles. The van der Waals surface area contributed by atoms with Crippen molar-refractivity contribution in [2.75, 3.05) is 42.4 Å². The Morgan fingerprint density at radius 1 is 1.04 bits per heavy atom. The summed E-state index contributed by atoms with van der Waals surface area (Å²) in [7, 11) is -2.03. The quantitative estimate of drug-likeness (QED) is 0.319. The molecule has 1 amide bonds. The van der Waals surface area contributed by atoms with Crippen molar-refractivity contribution in [3.8, 4) is 5.75 Å². The topological polar surface area (TPSA) is 84.9 Å². The molecular formula is C36H47ClN2O5S3. The summed E-state index contributed by atoms with van der Waals surface area (Å²) >= 11 is 10.4. The van der Waals surface area contributed by atoms with Gasteiger partial charge in [0.15, 0.2) is 0 Å². The average Bonchev–Trinajstić information content (AvgIpc) is 3.07. The Morgan fingerprint density at radius 2 is 1.85 bits per heavy atom. The zero-order chi connectivity index (χ0) is 33.2. The summed E-state index contributed by atoms with van der Waals surface area (Å²) in [6.07, 6.45) is 10.7. The minimum absolute atomic E-state index is 0.0192. The van der Waals surface area contributed by atoms with E-state index in [-0.39, 0.29) is 22.2 Å². The van der Waals surface area contributed by atoms with E-state index in [0.29, 0.717) is 29.8 Å². The van der Waals surface area contributed by atoms with Crippen LogP contribution in [0.15, 0.2) is 48.6 Å². The van der Waals surface area contributed by atoms with Crippen LogP contribution in [0.4, 0.5) is 5.69 Å². The van der Waals surface area contributed by atoms with E-state index in [9.17, 15) is 13.2 Å². The van der Waals surface area contributed by atoms with Crippen molar-refractivity contribution in [2.24, 2.45) is 23.7 Å². The summed E-state index contributed by atoms with van der Waals surface area (Å²) in [5.74, 6) is 2.63. The Hall–Kier alpha value is -1.85. The maximum atomic E-state index is 13.5. The number of methoxy groups -OCH3 is 1. The van der Waals surface area contributed by atoms with Crippen LogP contribution < -0.4 is 14.4 Å². The number of rotatable bonds is 2. The molecule has 3 aliphatic heterocycles. The Labute approximate surface area is 294 Å². The van der Waals surface area contributed by atoms with E-state index < -0.39 is 21.5 Å². The van der Waals surface area contributed by atoms with Crippen molar-refractivity contribution in [2.45, 2.75) is 69.2 Å². The van der Waals surface area contributed by atoms with E-state index in [1.54, 1.807) is 6.07 Å². The third kappa shape index (κ3) is 7.82. The molecule has 2 aromatic rings. The Morgan fingerprint density at radius 3 is 2.60 bits per heavy atom. The molecule has 6 rings (SSSR count). The summed E-state index contributed by atoms with van der Waals surface area (Å²) in [6, 6.07) is 11.3. The van der Waals surface area contributed by atoms with Crippen LogP contribution >= 0.6 is 35.1 Å². The first-order chi connectivity index (χ1) is 22.6. The Bertz CT molecular complexity index is 1580. The third-order valence-electron chi connectivity index (χ3n) is 10.5. The van der Waals surface area contributed by atoms with Gasteiger partial charge in [-0.2, -0.15) is 0 Å². The third-order valence-corrected chi connectivity index (χ3v) is 15.4. The van der Waals surface area contributed by atoms with E-state index in [2.05, 4.69) is 28.7 Å². The highest BCUT2D eigenvalue weighted by Gasteiger charge is 2.52. The molecule has 2 fully saturated rings. The number of hydrogen-bond donors (Lipinski definition) is 1. The highest BCUT2D eigenvalue weighted by molar-refractivity contribution is 8.17. The Kier molecular flexibility index (Phi) is 11.1. The number of fused-ring (bicyclic) bond motifs is 3. The normalized spacial score (nSPS) is 31.1. The number of sulfonamides is 1. The second-order valence-electron chi connectivity index (χ2n) is 13.6. The van der Waals surface area contributed by atoms with Gasteiger partial charge in [0.2, 0.25) is 10.0 Å². The molecule has 0 radical (unpaired) electrons. The van der Waals surface area contributed by atoms with Gasteiger partial charge in [-0.3, -0.25) is 4.79 Å². The van der Waals surface area contributed by atoms with Crippen LogP contribution in [-0.4, -0.2) is 62.0 Å². The standard InChI is InChI=1S/C36H47ClN2O5S3/c1-24-14-15-36(43-3,35-45-17-6-18-46-35)31-12-9-28(31)21-39-16-5-4-7-26-19-30(37)11-8-29(26)22-44-33-13-10-27(20-32(33)39)34(40)38-47(41,42)23-25(24)2/h8,10-11,13-15,19-20,24-25,28,31,35H,4-7,9,12,16-18,21-23H2,1-3H3,(H,38,40)/b15-14+/t24-,25+,28-,31+,36+/m0/s1. The van der Waals surface area contributed by atoms with Crippen molar-refractivity contribution in [3.63, 3.8) is 0 Å². The summed E-state index contributed by atoms with van der Waals surface area (Å²) in [4.78, 5) is 15.8. The van der Waals surface area contributed by atoms with Crippen molar-refractivity contribution in [1.29, 1.82) is 0 Å². The number of carbonyl (C=O) groups excluding carboxylic acids is 1. The van der Waals surface area contributed by atoms with E-state index in [1.165, 1.54) is 12.0 Å². The molecule has 47 heavy (non-hydrogen) atoms. The number of carbonyl (C=O) groups is 1. The minimum atomic E-state index is -3.88. The average molecular weight is 719 g/mol. The first-order valence-corrected chi connectivity index (χ1v) is 21.0. The molecule has 1 saturated carbocycles. The molecule has 256 valence electrons. The first kappa shape index (κ1) is 35.0. The number of allylic oxidation sites excluding steroid dienone is 1. The highest BCUT2D eigenvalue weighted by atomic mass is 35.5. The molecule has 0 unspecified atom stereocenters. The fourth-order valence-corrected chi connectivity index (χ4v) is 12.5. The number of halogens is 1. The highest BCUT2D eigenvalue weighted by Crippen LogP contribution is 2.53. The van der Waals surface area contributed by atoms with Gasteiger partial charge in [0.25, 0.3) is 5.91 Å². The van der Waals surface area contributed by atoms with Crippen LogP contribution in [-0.2, 0) is 27.8 Å². The lowest BCUT2D eigenvalue weighted by Crippen LogP contribution is -2.56. The molecule has 1 saturated heterocycles. The number of benzene rings is 2. The summed E-state index contributed by atoms with van der Waals surface area (Å²) in [5, 5.41) is 0.722. The number of thioether (sulfide) groups is 2. The van der Waals surface area contributed by atoms with Gasteiger partial charge in [-0.15, -0.1) is 23.5 Å². The van der Waals surface area contributed by atoms with Gasteiger partial charge in [-0.1, -0.05) is 43.7 Å². The van der Waals surface area contributed by atoms with Gasteiger partial charge < -0.3 is 14.4 Å². The largest absolute Gasteiger partial charge is 0.487 e. The molecule has 7 nitrogen and oxygen atoms in total. The smallest absolute Gasteiger partial charge is 0.264 e. The summed E-state index contributed by atoms with van der Waals surface area (Å²) in [5.41, 5.74) is 2.96. The van der Waals surface area contributed by atoms with E-state index in [1.807, 2.05) is 67.9 Å². The van der Waals surface area contributed by atoms with Crippen LogP contribution in [0.2, 0.25) is 5.02 Å². The van der Waals surface area contributed by atoms with Crippen LogP contribution in [0.3, 0.4) is 0 Å².